The molecule has 6 heteroatoms. The summed E-state index contributed by atoms with van der Waals surface area (Å²) in [6, 6.07) is 1.57. The number of hydrogen-bond donors (Lipinski definition) is 1. The highest BCUT2D eigenvalue weighted by Gasteiger charge is 2.23. The quantitative estimate of drug-likeness (QED) is 0.849. The molecule has 106 valence electrons. The van der Waals surface area contributed by atoms with Crippen molar-refractivity contribution in [3.8, 4) is 0 Å². The topological polar surface area (TPSA) is 70.5 Å². The predicted molar refractivity (Wildman–Crippen MR) is 74.9 cm³/mol. The Morgan fingerprint density at radius 1 is 1.40 bits per heavy atom. The number of carbonyl (C=O) groups excluding carboxylic acids is 1. The van der Waals surface area contributed by atoms with Crippen LogP contribution >= 0.6 is 0 Å². The number of aromatic amines is 1. The van der Waals surface area contributed by atoms with Crippen LogP contribution in [0.2, 0.25) is 0 Å². The second-order valence-corrected chi connectivity index (χ2v) is 5.60. The van der Waals surface area contributed by atoms with E-state index in [1.54, 1.807) is 19.2 Å². The number of amides is 1. The lowest BCUT2D eigenvalue weighted by Crippen LogP contribution is -2.38. The lowest BCUT2D eigenvalue weighted by Gasteiger charge is -2.29. The number of nitrogens with one attached hydrogen (secondary N) is 1. The summed E-state index contributed by atoms with van der Waals surface area (Å²) in [6.45, 7) is 5.53. The summed E-state index contributed by atoms with van der Waals surface area (Å²) >= 11 is 0. The number of likely N-dealkylation sites (tertiary alicyclic amines) is 1. The molecule has 3 heterocycles. The Kier molecular flexibility index (Phi) is 3.08. The number of nitrogens with zero attached hydrogens (tertiary/aromatic N) is 3. The van der Waals surface area contributed by atoms with Crippen molar-refractivity contribution in [2.45, 2.75) is 26.7 Å². The molecule has 20 heavy (non-hydrogen) atoms. The van der Waals surface area contributed by atoms with Crippen LogP contribution in [0.4, 0.5) is 0 Å². The van der Waals surface area contributed by atoms with Crippen LogP contribution in [0.25, 0.3) is 5.52 Å². The molecule has 0 unspecified atom stereocenters. The zero-order valence-corrected chi connectivity index (χ0v) is 11.7. The maximum atomic E-state index is 12.4. The molecule has 0 aromatic carbocycles. The van der Waals surface area contributed by atoms with Crippen LogP contribution in [0.1, 0.15) is 35.9 Å². The average Bonchev–Trinajstić information content (AvgIpc) is 2.83. The minimum Gasteiger partial charge on any atom is -0.337 e. The van der Waals surface area contributed by atoms with E-state index in [1.807, 2.05) is 4.90 Å². The third-order valence-corrected chi connectivity index (χ3v) is 3.88. The van der Waals surface area contributed by atoms with E-state index in [1.165, 1.54) is 4.52 Å². The lowest BCUT2D eigenvalue weighted by molar-refractivity contribution is 0.0691. The fourth-order valence-electron chi connectivity index (χ4n) is 2.60. The molecule has 2 aromatic heterocycles. The van der Waals surface area contributed by atoms with E-state index < -0.39 is 0 Å². The molecular formula is C14H18N4O2. The first-order valence-electron chi connectivity index (χ1n) is 6.93. The number of fused-ring (bicyclic) bond motifs is 1. The van der Waals surface area contributed by atoms with Crippen LogP contribution in [0, 0.1) is 12.8 Å². The summed E-state index contributed by atoms with van der Waals surface area (Å²) < 4.78 is 1.48. The Bertz CT molecular complexity index is 708. The average molecular weight is 274 g/mol. The fraction of sp³-hybridized carbons (Fsp3) is 0.500. The summed E-state index contributed by atoms with van der Waals surface area (Å²) in [6.07, 6.45) is 3.77. The van der Waals surface area contributed by atoms with Gasteiger partial charge in [0.2, 0.25) is 0 Å². The van der Waals surface area contributed by atoms with Gasteiger partial charge in [0.05, 0.1) is 0 Å². The molecule has 0 aliphatic carbocycles. The van der Waals surface area contributed by atoms with Gasteiger partial charge in [-0.1, -0.05) is 6.92 Å². The number of aryl methyl sites for hydroxylation is 1. The second kappa shape index (κ2) is 4.77. The van der Waals surface area contributed by atoms with Gasteiger partial charge in [-0.05, 0) is 25.7 Å². The number of H-pyrrole nitrogens is 1. The Hall–Kier alpha value is -2.11. The first-order valence-corrected chi connectivity index (χ1v) is 6.93. The summed E-state index contributed by atoms with van der Waals surface area (Å²) in [5, 5.41) is 4.23. The molecule has 1 amide bonds. The van der Waals surface area contributed by atoms with E-state index in [0.717, 1.165) is 31.6 Å². The van der Waals surface area contributed by atoms with Crippen LogP contribution in [-0.4, -0.2) is 38.5 Å². The highest BCUT2D eigenvalue weighted by atomic mass is 16.2. The van der Waals surface area contributed by atoms with Gasteiger partial charge in [0.1, 0.15) is 5.52 Å². The van der Waals surface area contributed by atoms with Crippen LogP contribution in [-0.2, 0) is 0 Å². The molecule has 1 N–H and O–H groups in total. The van der Waals surface area contributed by atoms with Crippen molar-refractivity contribution in [2.24, 2.45) is 5.92 Å². The molecule has 0 radical (unpaired) electrons. The maximum absolute atomic E-state index is 12.4. The van der Waals surface area contributed by atoms with Gasteiger partial charge >= 0.3 is 0 Å². The molecule has 1 aliphatic rings. The maximum Gasteiger partial charge on any atom is 0.274 e. The van der Waals surface area contributed by atoms with Gasteiger partial charge in [0.15, 0.2) is 5.69 Å². The van der Waals surface area contributed by atoms with Crippen molar-refractivity contribution in [1.82, 2.24) is 19.5 Å². The van der Waals surface area contributed by atoms with Crippen LogP contribution in [0.3, 0.4) is 0 Å². The second-order valence-electron chi connectivity index (χ2n) is 5.60. The largest absolute Gasteiger partial charge is 0.337 e. The van der Waals surface area contributed by atoms with Gasteiger partial charge in [0.25, 0.3) is 11.5 Å². The molecular weight excluding hydrogens is 256 g/mol. The molecule has 3 rings (SSSR count). The first-order chi connectivity index (χ1) is 9.54. The Balaban J connectivity index is 1.92. The zero-order valence-electron chi connectivity index (χ0n) is 11.7. The fourth-order valence-corrected chi connectivity index (χ4v) is 2.60. The molecule has 2 aromatic rings. The number of carbonyl (C=O) groups is 1. The Morgan fingerprint density at radius 3 is 2.80 bits per heavy atom. The molecule has 1 saturated heterocycles. The van der Waals surface area contributed by atoms with E-state index in [9.17, 15) is 9.59 Å². The third kappa shape index (κ3) is 2.21. The monoisotopic (exact) mass is 274 g/mol. The van der Waals surface area contributed by atoms with Gasteiger partial charge in [0, 0.05) is 31.0 Å². The van der Waals surface area contributed by atoms with E-state index in [-0.39, 0.29) is 11.5 Å². The van der Waals surface area contributed by atoms with Crippen LogP contribution in [0.15, 0.2) is 17.1 Å². The van der Waals surface area contributed by atoms with E-state index in [4.69, 9.17) is 0 Å². The zero-order chi connectivity index (χ0) is 14.3. The molecule has 0 atom stereocenters. The molecule has 0 spiro atoms. The van der Waals surface area contributed by atoms with Crippen molar-refractivity contribution in [2.75, 3.05) is 13.1 Å². The minimum absolute atomic E-state index is 0.0855. The summed E-state index contributed by atoms with van der Waals surface area (Å²) in [7, 11) is 0. The molecule has 1 aliphatic heterocycles. The van der Waals surface area contributed by atoms with E-state index >= 15 is 0 Å². The number of piperidine rings is 1. The molecule has 6 nitrogen and oxygen atoms in total. The first kappa shape index (κ1) is 12.9. The van der Waals surface area contributed by atoms with Gasteiger partial charge in [-0.3, -0.25) is 9.59 Å². The van der Waals surface area contributed by atoms with E-state index in [2.05, 4.69) is 17.0 Å². The Morgan fingerprint density at radius 2 is 2.10 bits per heavy atom. The van der Waals surface area contributed by atoms with E-state index in [0.29, 0.717) is 17.1 Å². The SMILES string of the molecule is Cc1cn2nc(C(=O)N3CCC(C)CC3)cc2c(=O)[nH]1. The highest BCUT2D eigenvalue weighted by molar-refractivity contribution is 5.93. The third-order valence-electron chi connectivity index (χ3n) is 3.88. The molecule has 0 saturated carbocycles. The summed E-state index contributed by atoms with van der Waals surface area (Å²) in [5.41, 5.74) is 1.25. The van der Waals surface area contributed by atoms with Gasteiger partial charge < -0.3 is 9.88 Å². The van der Waals surface area contributed by atoms with Crippen molar-refractivity contribution in [1.29, 1.82) is 0 Å². The normalized spacial score (nSPS) is 16.8. The number of rotatable bonds is 1. The van der Waals surface area contributed by atoms with Crippen LogP contribution in [0.5, 0.6) is 0 Å². The highest BCUT2D eigenvalue weighted by Crippen LogP contribution is 2.18. The number of hydrogen-bond acceptors (Lipinski definition) is 3. The Labute approximate surface area is 116 Å². The lowest BCUT2D eigenvalue weighted by atomic mass is 9.99. The molecule has 0 bridgehead atoms. The standard InChI is InChI=1S/C14H18N4O2/c1-9-3-5-17(6-4-9)14(20)11-7-12-13(19)15-10(2)8-18(12)16-11/h7-9H,3-6H2,1-2H3,(H,15,19). The summed E-state index contributed by atoms with van der Waals surface area (Å²) in [4.78, 5) is 28.8. The van der Waals surface area contributed by atoms with Gasteiger partial charge in [-0.25, -0.2) is 4.52 Å². The predicted octanol–water partition coefficient (Wildman–Crippen LogP) is 1.20. The molecule has 1 fully saturated rings. The van der Waals surface area contributed by atoms with Crippen molar-refractivity contribution < 1.29 is 4.79 Å². The van der Waals surface area contributed by atoms with Crippen molar-refractivity contribution in [3.05, 3.63) is 34.0 Å². The van der Waals surface area contributed by atoms with Crippen molar-refractivity contribution >= 4 is 11.4 Å². The van der Waals surface area contributed by atoms with Gasteiger partial charge in [-0.15, -0.1) is 0 Å². The van der Waals surface area contributed by atoms with Crippen LogP contribution < -0.4 is 5.56 Å². The van der Waals surface area contributed by atoms with Gasteiger partial charge in [-0.2, -0.15) is 5.10 Å². The number of aromatic nitrogens is 3. The summed E-state index contributed by atoms with van der Waals surface area (Å²) in [5.74, 6) is 0.586. The van der Waals surface area contributed by atoms with Crippen molar-refractivity contribution in [3.63, 3.8) is 0 Å². The minimum atomic E-state index is -0.219. The smallest absolute Gasteiger partial charge is 0.274 e.